The largest absolute Gasteiger partial charge is 0.371 e. The summed E-state index contributed by atoms with van der Waals surface area (Å²) in [5, 5.41) is 3.37. The van der Waals surface area contributed by atoms with E-state index in [-0.39, 0.29) is 6.04 Å². The number of nitrogens with zero attached hydrogens (tertiary/aromatic N) is 1. The van der Waals surface area contributed by atoms with Crippen LogP contribution < -0.4 is 10.2 Å². The molecule has 2 aliphatic rings. The van der Waals surface area contributed by atoms with Crippen LogP contribution in [-0.2, 0) is 0 Å². The number of nitrogens with one attached hydrogen (secondary N) is 1. The maximum Gasteiger partial charge on any atom is 0.160 e. The van der Waals surface area contributed by atoms with Crippen molar-refractivity contribution in [3.05, 3.63) is 29.3 Å². The Kier molecular flexibility index (Phi) is 3.20. The van der Waals surface area contributed by atoms with Gasteiger partial charge >= 0.3 is 0 Å². The lowest BCUT2D eigenvalue weighted by Gasteiger charge is -2.24. The summed E-state index contributed by atoms with van der Waals surface area (Å²) in [4.78, 5) is 2.18. The molecular weight excluding hydrogens is 234 g/mol. The third kappa shape index (κ3) is 2.09. The van der Waals surface area contributed by atoms with Crippen molar-refractivity contribution in [2.45, 2.75) is 31.7 Å². The molecule has 18 heavy (non-hydrogen) atoms. The van der Waals surface area contributed by atoms with Gasteiger partial charge in [-0.2, -0.15) is 0 Å². The van der Waals surface area contributed by atoms with Crippen molar-refractivity contribution in [2.75, 3.05) is 24.5 Å². The number of hydrogen-bond donors (Lipinski definition) is 1. The zero-order chi connectivity index (χ0) is 12.5. The SMILES string of the molecule is Fc1cc(C2CCCN2)c(N2CCCC2)cc1F. The number of benzene rings is 1. The van der Waals surface area contributed by atoms with Gasteiger partial charge in [0, 0.05) is 30.9 Å². The van der Waals surface area contributed by atoms with Gasteiger partial charge in [0.25, 0.3) is 0 Å². The third-order valence-corrected chi connectivity index (χ3v) is 3.95. The van der Waals surface area contributed by atoms with E-state index >= 15 is 0 Å². The first-order chi connectivity index (χ1) is 8.75. The van der Waals surface area contributed by atoms with Gasteiger partial charge in [0.1, 0.15) is 0 Å². The van der Waals surface area contributed by atoms with Gasteiger partial charge in [-0.1, -0.05) is 0 Å². The predicted octanol–water partition coefficient (Wildman–Crippen LogP) is 2.99. The summed E-state index contributed by atoms with van der Waals surface area (Å²) in [7, 11) is 0. The molecule has 2 fully saturated rings. The molecule has 0 bridgehead atoms. The Balaban J connectivity index is 2.00. The van der Waals surface area contributed by atoms with Crippen LogP contribution in [0.5, 0.6) is 0 Å². The van der Waals surface area contributed by atoms with Crippen molar-refractivity contribution < 1.29 is 8.78 Å². The molecule has 1 atom stereocenters. The van der Waals surface area contributed by atoms with Gasteiger partial charge in [-0.3, -0.25) is 0 Å². The lowest BCUT2D eigenvalue weighted by atomic mass is 10.0. The van der Waals surface area contributed by atoms with Crippen molar-refractivity contribution in [1.82, 2.24) is 5.32 Å². The van der Waals surface area contributed by atoms with Gasteiger partial charge in [-0.05, 0) is 43.9 Å². The van der Waals surface area contributed by atoms with E-state index in [1.54, 1.807) is 0 Å². The minimum absolute atomic E-state index is 0.177. The highest BCUT2D eigenvalue weighted by atomic mass is 19.2. The fourth-order valence-electron chi connectivity index (χ4n) is 3.01. The summed E-state index contributed by atoms with van der Waals surface area (Å²) in [5.74, 6) is -1.47. The van der Waals surface area contributed by atoms with E-state index in [2.05, 4.69) is 10.2 Å². The lowest BCUT2D eigenvalue weighted by molar-refractivity contribution is 0.503. The summed E-state index contributed by atoms with van der Waals surface area (Å²) >= 11 is 0. The number of hydrogen-bond acceptors (Lipinski definition) is 2. The molecule has 0 aromatic heterocycles. The molecule has 1 N–H and O–H groups in total. The second-order valence-corrected chi connectivity index (χ2v) is 5.17. The van der Waals surface area contributed by atoms with Crippen molar-refractivity contribution in [3.8, 4) is 0 Å². The van der Waals surface area contributed by atoms with Crippen molar-refractivity contribution in [2.24, 2.45) is 0 Å². The van der Waals surface area contributed by atoms with Crippen LogP contribution in [-0.4, -0.2) is 19.6 Å². The first kappa shape index (κ1) is 11.9. The highest BCUT2D eigenvalue weighted by Crippen LogP contribution is 2.34. The first-order valence-electron chi connectivity index (χ1n) is 6.73. The molecule has 98 valence electrons. The molecule has 3 rings (SSSR count). The van der Waals surface area contributed by atoms with Crippen LogP contribution in [0.15, 0.2) is 12.1 Å². The van der Waals surface area contributed by atoms with E-state index in [1.165, 1.54) is 12.1 Å². The van der Waals surface area contributed by atoms with Gasteiger partial charge in [-0.25, -0.2) is 8.78 Å². The van der Waals surface area contributed by atoms with Crippen molar-refractivity contribution >= 4 is 5.69 Å². The Labute approximate surface area is 106 Å². The van der Waals surface area contributed by atoms with E-state index in [0.29, 0.717) is 0 Å². The van der Waals surface area contributed by atoms with Gasteiger partial charge in [0.2, 0.25) is 0 Å². The number of rotatable bonds is 2. The molecule has 2 heterocycles. The fourth-order valence-corrected chi connectivity index (χ4v) is 3.01. The van der Waals surface area contributed by atoms with Crippen LogP contribution in [0.2, 0.25) is 0 Å². The summed E-state index contributed by atoms with van der Waals surface area (Å²) < 4.78 is 27.0. The quantitative estimate of drug-likeness (QED) is 0.870. The van der Waals surface area contributed by atoms with E-state index in [0.717, 1.165) is 56.6 Å². The molecule has 2 nitrogen and oxygen atoms in total. The Bertz CT molecular complexity index is 395. The molecule has 0 radical (unpaired) electrons. The van der Waals surface area contributed by atoms with E-state index in [1.807, 2.05) is 0 Å². The Morgan fingerprint density at radius 3 is 2.44 bits per heavy atom. The zero-order valence-corrected chi connectivity index (χ0v) is 10.4. The van der Waals surface area contributed by atoms with Gasteiger partial charge in [0.05, 0.1) is 0 Å². The molecule has 0 amide bonds. The van der Waals surface area contributed by atoms with Crippen LogP contribution in [0, 0.1) is 11.6 Å². The molecule has 0 aliphatic carbocycles. The van der Waals surface area contributed by atoms with Gasteiger partial charge in [0.15, 0.2) is 11.6 Å². The Morgan fingerprint density at radius 1 is 1.06 bits per heavy atom. The highest BCUT2D eigenvalue weighted by molar-refractivity contribution is 5.56. The molecule has 0 spiro atoms. The second kappa shape index (κ2) is 4.84. The lowest BCUT2D eigenvalue weighted by Crippen LogP contribution is -2.23. The smallest absolute Gasteiger partial charge is 0.160 e. The number of anilines is 1. The highest BCUT2D eigenvalue weighted by Gasteiger charge is 2.25. The van der Waals surface area contributed by atoms with Crippen LogP contribution in [0.25, 0.3) is 0 Å². The number of halogens is 2. The zero-order valence-electron chi connectivity index (χ0n) is 10.4. The van der Waals surface area contributed by atoms with Crippen LogP contribution in [0.1, 0.15) is 37.3 Å². The van der Waals surface area contributed by atoms with Crippen LogP contribution >= 0.6 is 0 Å². The predicted molar refractivity (Wildman–Crippen MR) is 67.8 cm³/mol. The summed E-state index contributed by atoms with van der Waals surface area (Å²) in [6.45, 7) is 2.86. The minimum Gasteiger partial charge on any atom is -0.371 e. The maximum absolute atomic E-state index is 13.5. The standard InChI is InChI=1S/C14H18F2N2/c15-11-8-10(13-4-3-5-17-13)14(9-12(11)16)18-6-1-2-7-18/h8-9,13,17H,1-7H2. The Morgan fingerprint density at radius 2 is 1.78 bits per heavy atom. The minimum atomic E-state index is -0.737. The molecule has 4 heteroatoms. The van der Waals surface area contributed by atoms with Crippen molar-refractivity contribution in [3.63, 3.8) is 0 Å². The Hall–Kier alpha value is -1.16. The second-order valence-electron chi connectivity index (χ2n) is 5.17. The summed E-state index contributed by atoms with van der Waals surface area (Å²) in [6.07, 6.45) is 4.38. The fraction of sp³-hybridized carbons (Fsp3) is 0.571. The van der Waals surface area contributed by atoms with Crippen LogP contribution in [0.3, 0.4) is 0 Å². The van der Waals surface area contributed by atoms with E-state index in [9.17, 15) is 8.78 Å². The van der Waals surface area contributed by atoms with Crippen LogP contribution in [0.4, 0.5) is 14.5 Å². The molecule has 1 unspecified atom stereocenters. The molecule has 1 aromatic carbocycles. The van der Waals surface area contributed by atoms with Gasteiger partial charge < -0.3 is 10.2 Å². The van der Waals surface area contributed by atoms with E-state index in [4.69, 9.17) is 0 Å². The molecule has 2 saturated heterocycles. The molecule has 2 aliphatic heterocycles. The average molecular weight is 252 g/mol. The normalized spacial score (nSPS) is 23.9. The summed E-state index contributed by atoms with van der Waals surface area (Å²) in [5.41, 5.74) is 1.80. The monoisotopic (exact) mass is 252 g/mol. The molecular formula is C14H18F2N2. The van der Waals surface area contributed by atoms with Gasteiger partial charge in [-0.15, -0.1) is 0 Å². The topological polar surface area (TPSA) is 15.3 Å². The maximum atomic E-state index is 13.5. The molecule has 0 saturated carbocycles. The third-order valence-electron chi connectivity index (χ3n) is 3.95. The molecule has 1 aromatic rings. The summed E-state index contributed by atoms with van der Waals surface area (Å²) in [6, 6.07) is 2.93. The first-order valence-corrected chi connectivity index (χ1v) is 6.73. The van der Waals surface area contributed by atoms with Crippen molar-refractivity contribution in [1.29, 1.82) is 0 Å². The van der Waals surface area contributed by atoms with E-state index < -0.39 is 11.6 Å². The average Bonchev–Trinajstić information content (AvgIpc) is 3.02.